The summed E-state index contributed by atoms with van der Waals surface area (Å²) in [7, 11) is 0. The molecular formula is C16H16IN3O. The molecule has 1 aromatic heterocycles. The third kappa shape index (κ3) is 3.34. The second-order valence-electron chi connectivity index (χ2n) is 5.03. The van der Waals surface area contributed by atoms with Crippen molar-refractivity contribution in [1.29, 1.82) is 0 Å². The van der Waals surface area contributed by atoms with Gasteiger partial charge in [-0.2, -0.15) is 0 Å². The Morgan fingerprint density at radius 2 is 2.00 bits per heavy atom. The number of hydrogen-bond donors (Lipinski definition) is 1. The second-order valence-corrected chi connectivity index (χ2v) is 6.28. The van der Waals surface area contributed by atoms with Gasteiger partial charge in [0.2, 0.25) is 0 Å². The fourth-order valence-corrected chi connectivity index (χ4v) is 3.06. The fraction of sp³-hybridized carbons (Fsp3) is 0.250. The zero-order valence-electron chi connectivity index (χ0n) is 11.6. The number of anilines is 2. The lowest BCUT2D eigenvalue weighted by Gasteiger charge is -2.19. The van der Waals surface area contributed by atoms with Crippen molar-refractivity contribution in [3.05, 3.63) is 51.7 Å². The average Bonchev–Trinajstić information content (AvgIpc) is 3.01. The summed E-state index contributed by atoms with van der Waals surface area (Å²) in [4.78, 5) is 19.1. The summed E-state index contributed by atoms with van der Waals surface area (Å²) in [5.41, 5.74) is 1.45. The van der Waals surface area contributed by atoms with Crippen LogP contribution in [-0.2, 0) is 0 Å². The van der Waals surface area contributed by atoms with Gasteiger partial charge in [-0.05, 0) is 65.8 Å². The van der Waals surface area contributed by atoms with Gasteiger partial charge in [-0.15, -0.1) is 0 Å². The van der Waals surface area contributed by atoms with Crippen LogP contribution in [-0.4, -0.2) is 24.0 Å². The highest BCUT2D eigenvalue weighted by atomic mass is 127. The van der Waals surface area contributed by atoms with Crippen molar-refractivity contribution in [2.75, 3.05) is 23.3 Å². The van der Waals surface area contributed by atoms with Crippen LogP contribution in [0.4, 0.5) is 11.5 Å². The van der Waals surface area contributed by atoms with Gasteiger partial charge in [0.1, 0.15) is 5.82 Å². The lowest BCUT2D eigenvalue weighted by Crippen LogP contribution is -2.24. The second kappa shape index (κ2) is 6.43. The standard InChI is InChI=1S/C16H16IN3O/c17-12-5-3-6-13(11-12)19-16(21)14-7-4-8-18-15(14)20-9-1-2-10-20/h3-8,11H,1-2,9-10H2,(H,19,21). The normalized spacial score (nSPS) is 14.2. The predicted octanol–water partition coefficient (Wildman–Crippen LogP) is 3.54. The molecule has 1 N–H and O–H groups in total. The zero-order chi connectivity index (χ0) is 14.7. The average molecular weight is 393 g/mol. The fourth-order valence-electron chi connectivity index (χ4n) is 2.52. The van der Waals surface area contributed by atoms with E-state index < -0.39 is 0 Å². The Morgan fingerprint density at radius 3 is 2.76 bits per heavy atom. The molecule has 1 aliphatic rings. The molecule has 0 saturated carbocycles. The first-order valence-corrected chi connectivity index (χ1v) is 8.09. The Bertz CT molecular complexity index is 653. The van der Waals surface area contributed by atoms with E-state index in [1.54, 1.807) is 6.20 Å². The van der Waals surface area contributed by atoms with Crippen LogP contribution in [0.3, 0.4) is 0 Å². The van der Waals surface area contributed by atoms with Gasteiger partial charge in [-0.1, -0.05) is 6.07 Å². The van der Waals surface area contributed by atoms with Crippen molar-refractivity contribution < 1.29 is 4.79 Å². The number of aromatic nitrogens is 1. The van der Waals surface area contributed by atoms with Crippen molar-refractivity contribution in [2.45, 2.75) is 12.8 Å². The molecule has 4 nitrogen and oxygen atoms in total. The maximum Gasteiger partial charge on any atom is 0.259 e. The topological polar surface area (TPSA) is 45.2 Å². The van der Waals surface area contributed by atoms with Gasteiger partial charge in [0.15, 0.2) is 0 Å². The highest BCUT2D eigenvalue weighted by Crippen LogP contribution is 2.23. The van der Waals surface area contributed by atoms with Gasteiger partial charge in [-0.25, -0.2) is 4.98 Å². The molecule has 1 amide bonds. The maximum absolute atomic E-state index is 12.5. The first-order chi connectivity index (χ1) is 10.2. The van der Waals surface area contributed by atoms with Crippen LogP contribution in [0.15, 0.2) is 42.6 Å². The van der Waals surface area contributed by atoms with Crippen LogP contribution in [0.5, 0.6) is 0 Å². The molecule has 2 heterocycles. The van der Waals surface area contributed by atoms with E-state index >= 15 is 0 Å². The summed E-state index contributed by atoms with van der Waals surface area (Å²) in [6.45, 7) is 1.95. The van der Waals surface area contributed by atoms with E-state index in [1.165, 1.54) is 0 Å². The lowest BCUT2D eigenvalue weighted by atomic mass is 10.2. The molecule has 1 aromatic carbocycles. The van der Waals surface area contributed by atoms with Gasteiger partial charge < -0.3 is 10.2 Å². The molecule has 108 valence electrons. The Morgan fingerprint density at radius 1 is 1.19 bits per heavy atom. The van der Waals surface area contributed by atoms with Crippen molar-refractivity contribution >= 4 is 40.0 Å². The maximum atomic E-state index is 12.5. The van der Waals surface area contributed by atoms with E-state index in [0.717, 1.165) is 41.0 Å². The molecule has 0 bridgehead atoms. The van der Waals surface area contributed by atoms with E-state index in [9.17, 15) is 4.79 Å². The largest absolute Gasteiger partial charge is 0.356 e. The van der Waals surface area contributed by atoms with Crippen LogP contribution >= 0.6 is 22.6 Å². The molecule has 1 fully saturated rings. The summed E-state index contributed by atoms with van der Waals surface area (Å²) >= 11 is 2.23. The van der Waals surface area contributed by atoms with E-state index in [0.29, 0.717) is 5.56 Å². The molecule has 1 saturated heterocycles. The van der Waals surface area contributed by atoms with Crippen LogP contribution in [0, 0.1) is 3.57 Å². The third-order valence-corrected chi connectivity index (χ3v) is 4.19. The zero-order valence-corrected chi connectivity index (χ0v) is 13.7. The predicted molar refractivity (Wildman–Crippen MR) is 92.8 cm³/mol. The molecule has 0 atom stereocenters. The molecule has 0 spiro atoms. The molecule has 0 aliphatic carbocycles. The van der Waals surface area contributed by atoms with Gasteiger partial charge in [-0.3, -0.25) is 4.79 Å². The smallest absolute Gasteiger partial charge is 0.259 e. The van der Waals surface area contributed by atoms with Crippen molar-refractivity contribution in [1.82, 2.24) is 4.98 Å². The summed E-state index contributed by atoms with van der Waals surface area (Å²) in [5.74, 6) is 0.685. The minimum absolute atomic E-state index is 0.105. The molecule has 0 unspecified atom stereocenters. The quantitative estimate of drug-likeness (QED) is 0.812. The summed E-state index contributed by atoms with van der Waals surface area (Å²) in [5, 5.41) is 2.95. The Kier molecular flexibility index (Phi) is 4.38. The van der Waals surface area contributed by atoms with E-state index in [4.69, 9.17) is 0 Å². The number of pyridine rings is 1. The lowest BCUT2D eigenvalue weighted by molar-refractivity contribution is 0.102. The first kappa shape index (κ1) is 14.3. The Balaban J connectivity index is 1.84. The Labute approximate surface area is 137 Å². The number of benzene rings is 1. The number of carbonyl (C=O) groups is 1. The molecular weight excluding hydrogens is 377 g/mol. The number of nitrogens with one attached hydrogen (secondary N) is 1. The number of hydrogen-bond acceptors (Lipinski definition) is 3. The third-order valence-electron chi connectivity index (χ3n) is 3.52. The molecule has 21 heavy (non-hydrogen) atoms. The van der Waals surface area contributed by atoms with Crippen LogP contribution < -0.4 is 10.2 Å². The van der Waals surface area contributed by atoms with Crippen LogP contribution in [0.1, 0.15) is 23.2 Å². The van der Waals surface area contributed by atoms with Crippen molar-refractivity contribution in [2.24, 2.45) is 0 Å². The number of amides is 1. The summed E-state index contributed by atoms with van der Waals surface area (Å²) in [6.07, 6.45) is 4.07. The SMILES string of the molecule is O=C(Nc1cccc(I)c1)c1cccnc1N1CCCC1. The monoisotopic (exact) mass is 393 g/mol. The van der Waals surface area contributed by atoms with Gasteiger partial charge in [0, 0.05) is 28.5 Å². The van der Waals surface area contributed by atoms with Crippen molar-refractivity contribution in [3.8, 4) is 0 Å². The van der Waals surface area contributed by atoms with Gasteiger partial charge in [0.25, 0.3) is 5.91 Å². The molecule has 0 radical (unpaired) electrons. The van der Waals surface area contributed by atoms with Gasteiger partial charge >= 0.3 is 0 Å². The molecule has 3 rings (SSSR count). The number of rotatable bonds is 3. The van der Waals surface area contributed by atoms with Crippen molar-refractivity contribution in [3.63, 3.8) is 0 Å². The number of carbonyl (C=O) groups excluding carboxylic acids is 1. The summed E-state index contributed by atoms with van der Waals surface area (Å²) < 4.78 is 1.09. The van der Waals surface area contributed by atoms with E-state index in [-0.39, 0.29) is 5.91 Å². The van der Waals surface area contributed by atoms with Crippen LogP contribution in [0.25, 0.3) is 0 Å². The number of nitrogens with zero attached hydrogens (tertiary/aromatic N) is 2. The first-order valence-electron chi connectivity index (χ1n) is 7.01. The minimum atomic E-state index is -0.105. The van der Waals surface area contributed by atoms with Crippen LogP contribution in [0.2, 0.25) is 0 Å². The highest BCUT2D eigenvalue weighted by Gasteiger charge is 2.20. The Hall–Kier alpha value is -1.63. The van der Waals surface area contributed by atoms with Gasteiger partial charge in [0.05, 0.1) is 5.56 Å². The van der Waals surface area contributed by atoms with E-state index in [2.05, 4.69) is 37.8 Å². The molecule has 5 heteroatoms. The molecule has 1 aliphatic heterocycles. The highest BCUT2D eigenvalue weighted by molar-refractivity contribution is 14.1. The minimum Gasteiger partial charge on any atom is -0.356 e. The number of halogens is 1. The van der Waals surface area contributed by atoms with E-state index in [1.807, 2.05) is 36.4 Å². The summed E-state index contributed by atoms with van der Waals surface area (Å²) in [6, 6.07) is 11.4. The molecule has 2 aromatic rings.